The van der Waals surface area contributed by atoms with E-state index in [1.165, 1.54) is 22.9 Å². The molecule has 0 saturated carbocycles. The third-order valence-electron chi connectivity index (χ3n) is 4.00. The molecule has 2 heterocycles. The van der Waals surface area contributed by atoms with Gasteiger partial charge in [0, 0.05) is 24.9 Å². The quantitative estimate of drug-likeness (QED) is 0.477. The number of nitro benzene ring substituents is 1. The van der Waals surface area contributed by atoms with Gasteiger partial charge in [-0.1, -0.05) is 11.6 Å². The van der Waals surface area contributed by atoms with Crippen LogP contribution in [0.2, 0.25) is 5.02 Å². The zero-order valence-electron chi connectivity index (χ0n) is 15.1. The number of non-ortho nitro benzene ring substituents is 1. The molecule has 0 atom stereocenters. The largest absolute Gasteiger partial charge is 0.470 e. The van der Waals surface area contributed by atoms with E-state index >= 15 is 0 Å². The Kier molecular flexibility index (Phi) is 5.59. The van der Waals surface area contributed by atoms with Crippen molar-refractivity contribution in [2.75, 3.05) is 5.32 Å². The molecule has 11 heteroatoms. The van der Waals surface area contributed by atoms with Crippen molar-refractivity contribution in [3.63, 3.8) is 0 Å². The van der Waals surface area contributed by atoms with Gasteiger partial charge in [-0.25, -0.2) is 4.68 Å². The molecule has 0 aliphatic rings. The number of carbonyl (C=O) groups excluding carboxylic acids is 1. The number of rotatable bonds is 7. The monoisotopic (exact) mass is 404 g/mol. The zero-order valence-corrected chi connectivity index (χ0v) is 15.9. The number of nitro groups is 1. The Labute approximate surface area is 164 Å². The first kappa shape index (κ1) is 19.4. The second kappa shape index (κ2) is 8.09. The van der Waals surface area contributed by atoms with Crippen LogP contribution in [0.15, 0.2) is 36.7 Å². The van der Waals surface area contributed by atoms with E-state index in [0.29, 0.717) is 12.2 Å². The lowest BCUT2D eigenvalue weighted by Gasteiger charge is -2.07. The second-order valence-corrected chi connectivity index (χ2v) is 6.21. The molecular formula is C17H17ClN6O4. The summed E-state index contributed by atoms with van der Waals surface area (Å²) < 4.78 is 8.69. The van der Waals surface area contributed by atoms with Gasteiger partial charge in [0.25, 0.3) is 11.6 Å². The van der Waals surface area contributed by atoms with Gasteiger partial charge < -0.3 is 10.1 Å². The fourth-order valence-corrected chi connectivity index (χ4v) is 2.71. The minimum absolute atomic E-state index is 0.0163. The first-order valence-electron chi connectivity index (χ1n) is 8.33. The van der Waals surface area contributed by atoms with Crippen LogP contribution in [0.4, 0.5) is 11.4 Å². The molecule has 0 aliphatic carbocycles. The number of hydrogen-bond acceptors (Lipinski definition) is 6. The van der Waals surface area contributed by atoms with E-state index in [9.17, 15) is 14.9 Å². The summed E-state index contributed by atoms with van der Waals surface area (Å²) in [6.07, 6.45) is 3.17. The van der Waals surface area contributed by atoms with Gasteiger partial charge in [-0.3, -0.25) is 19.6 Å². The van der Waals surface area contributed by atoms with E-state index in [-0.39, 0.29) is 34.8 Å². The molecule has 0 saturated heterocycles. The van der Waals surface area contributed by atoms with E-state index in [0.717, 1.165) is 5.69 Å². The number of anilines is 1. The van der Waals surface area contributed by atoms with Crippen molar-refractivity contribution in [3.8, 4) is 5.75 Å². The number of carbonyl (C=O) groups is 1. The molecule has 3 rings (SSSR count). The Morgan fingerprint density at radius 2 is 2.18 bits per heavy atom. The Balaban J connectivity index is 1.63. The first-order chi connectivity index (χ1) is 13.4. The molecule has 0 spiro atoms. The number of benzene rings is 1. The molecule has 1 amide bonds. The fourth-order valence-electron chi connectivity index (χ4n) is 2.49. The first-order valence-corrected chi connectivity index (χ1v) is 8.70. The Hall–Kier alpha value is -3.40. The molecule has 1 aromatic carbocycles. The number of amides is 1. The average Bonchev–Trinajstić information content (AvgIpc) is 3.28. The Bertz CT molecular complexity index is 1030. The molecule has 0 radical (unpaired) electrons. The number of halogens is 1. The lowest BCUT2D eigenvalue weighted by atomic mass is 10.3. The molecule has 0 fully saturated rings. The molecular weight excluding hydrogens is 388 g/mol. The van der Waals surface area contributed by atoms with E-state index < -0.39 is 4.92 Å². The van der Waals surface area contributed by atoms with Gasteiger partial charge in [0.15, 0.2) is 12.4 Å². The average molecular weight is 405 g/mol. The molecule has 3 aromatic rings. The van der Waals surface area contributed by atoms with Crippen molar-refractivity contribution < 1.29 is 14.5 Å². The number of nitrogens with one attached hydrogen (secondary N) is 1. The summed E-state index contributed by atoms with van der Waals surface area (Å²) in [7, 11) is 0. The van der Waals surface area contributed by atoms with Crippen molar-refractivity contribution in [2.24, 2.45) is 0 Å². The minimum Gasteiger partial charge on any atom is -0.470 e. The van der Waals surface area contributed by atoms with Crippen LogP contribution in [0.3, 0.4) is 0 Å². The van der Waals surface area contributed by atoms with Crippen LogP contribution >= 0.6 is 11.6 Å². The summed E-state index contributed by atoms with van der Waals surface area (Å²) in [4.78, 5) is 22.5. The number of aryl methyl sites for hydroxylation is 1. The van der Waals surface area contributed by atoms with Crippen LogP contribution in [-0.2, 0) is 13.3 Å². The fraction of sp³-hybridized carbons (Fsp3) is 0.235. The second-order valence-electron chi connectivity index (χ2n) is 5.80. The molecule has 0 bridgehead atoms. The number of aromatic nitrogens is 4. The van der Waals surface area contributed by atoms with Crippen LogP contribution in [-0.4, -0.2) is 30.4 Å². The van der Waals surface area contributed by atoms with Gasteiger partial charge in [0.05, 0.1) is 27.5 Å². The summed E-state index contributed by atoms with van der Waals surface area (Å²) in [6, 6.07) is 5.46. The highest BCUT2D eigenvalue weighted by molar-refractivity contribution is 6.32. The summed E-state index contributed by atoms with van der Waals surface area (Å²) >= 11 is 5.98. The van der Waals surface area contributed by atoms with Gasteiger partial charge in [-0.15, -0.1) is 0 Å². The van der Waals surface area contributed by atoms with E-state index in [1.807, 2.05) is 13.8 Å². The van der Waals surface area contributed by atoms with E-state index in [4.69, 9.17) is 16.3 Å². The van der Waals surface area contributed by atoms with Crippen LogP contribution in [0.25, 0.3) is 0 Å². The summed E-state index contributed by atoms with van der Waals surface area (Å²) in [6.45, 7) is 4.52. The molecule has 0 aliphatic heterocycles. The predicted octanol–water partition coefficient (Wildman–Crippen LogP) is 3.26. The van der Waals surface area contributed by atoms with Gasteiger partial charge in [0.1, 0.15) is 5.75 Å². The van der Waals surface area contributed by atoms with Crippen molar-refractivity contribution >= 4 is 28.9 Å². The van der Waals surface area contributed by atoms with Crippen LogP contribution in [0.1, 0.15) is 23.1 Å². The van der Waals surface area contributed by atoms with Crippen molar-refractivity contribution in [3.05, 3.63) is 63.2 Å². The highest BCUT2D eigenvalue weighted by atomic mass is 35.5. The number of hydrogen-bond donors (Lipinski definition) is 1. The SMILES string of the molecule is CCn1ncc(NC(=O)c2ccn(COc3ccc([N+](=O)[O-])cc3Cl)n2)c1C. The third kappa shape index (κ3) is 4.12. The maximum absolute atomic E-state index is 12.4. The van der Waals surface area contributed by atoms with Crippen molar-refractivity contribution in [1.29, 1.82) is 0 Å². The lowest BCUT2D eigenvalue weighted by Crippen LogP contribution is -2.15. The predicted molar refractivity (Wildman–Crippen MR) is 102 cm³/mol. The van der Waals surface area contributed by atoms with E-state index in [1.54, 1.807) is 23.1 Å². The number of ether oxygens (including phenoxy) is 1. The number of nitrogens with zero attached hydrogens (tertiary/aromatic N) is 5. The normalized spacial score (nSPS) is 10.7. The van der Waals surface area contributed by atoms with Crippen molar-refractivity contribution in [2.45, 2.75) is 27.1 Å². The zero-order chi connectivity index (χ0) is 20.3. The molecule has 146 valence electrons. The highest BCUT2D eigenvalue weighted by Gasteiger charge is 2.14. The molecule has 1 N–H and O–H groups in total. The van der Waals surface area contributed by atoms with Gasteiger partial charge in [-0.05, 0) is 26.0 Å². The standard InChI is InChI=1S/C17H17ClN6O4/c1-3-23-11(2)15(9-19-23)20-17(25)14-6-7-22(21-14)10-28-16-5-4-12(24(26)27)8-13(16)18/h4-9H,3,10H2,1-2H3,(H,20,25). The maximum Gasteiger partial charge on any atom is 0.276 e. The summed E-state index contributed by atoms with van der Waals surface area (Å²) in [5.74, 6) is -0.0951. The van der Waals surface area contributed by atoms with Gasteiger partial charge >= 0.3 is 0 Å². The highest BCUT2D eigenvalue weighted by Crippen LogP contribution is 2.28. The van der Waals surface area contributed by atoms with E-state index in [2.05, 4.69) is 15.5 Å². The molecule has 28 heavy (non-hydrogen) atoms. The third-order valence-corrected chi connectivity index (χ3v) is 4.30. The topological polar surface area (TPSA) is 117 Å². The van der Waals surface area contributed by atoms with Crippen LogP contribution < -0.4 is 10.1 Å². The Morgan fingerprint density at radius 1 is 1.39 bits per heavy atom. The lowest BCUT2D eigenvalue weighted by molar-refractivity contribution is -0.384. The van der Waals surface area contributed by atoms with Crippen molar-refractivity contribution in [1.82, 2.24) is 19.6 Å². The smallest absolute Gasteiger partial charge is 0.276 e. The summed E-state index contributed by atoms with van der Waals surface area (Å²) in [5, 5.41) is 21.9. The minimum atomic E-state index is -0.542. The van der Waals surface area contributed by atoms with Crippen LogP contribution in [0.5, 0.6) is 5.75 Å². The maximum atomic E-state index is 12.4. The molecule has 0 unspecified atom stereocenters. The van der Waals surface area contributed by atoms with Gasteiger partial charge in [-0.2, -0.15) is 10.2 Å². The molecule has 10 nitrogen and oxygen atoms in total. The Morgan fingerprint density at radius 3 is 2.82 bits per heavy atom. The van der Waals surface area contributed by atoms with Gasteiger partial charge in [0.2, 0.25) is 0 Å². The summed E-state index contributed by atoms with van der Waals surface area (Å²) in [5.41, 5.74) is 1.56. The molecule has 2 aromatic heterocycles. The van der Waals surface area contributed by atoms with Crippen LogP contribution in [0, 0.1) is 17.0 Å².